The van der Waals surface area contributed by atoms with Gasteiger partial charge in [-0.25, -0.2) is 4.79 Å². The predicted octanol–water partition coefficient (Wildman–Crippen LogP) is 3.15. The Labute approximate surface area is 175 Å². The quantitative estimate of drug-likeness (QED) is 0.232. The monoisotopic (exact) mass is 421 g/mol. The maximum absolute atomic E-state index is 12.4. The Morgan fingerprint density at radius 2 is 1.73 bits per heavy atom. The van der Waals surface area contributed by atoms with E-state index in [0.717, 1.165) is 19.3 Å². The molecule has 1 aliphatic heterocycles. The molecule has 30 heavy (non-hydrogen) atoms. The molecule has 0 N–H and O–H groups in total. The summed E-state index contributed by atoms with van der Waals surface area (Å²) >= 11 is 0. The molecule has 1 unspecified atom stereocenters. The fourth-order valence-corrected chi connectivity index (χ4v) is 2.96. The molecule has 1 fully saturated rings. The highest BCUT2D eigenvalue weighted by atomic mass is 16.8. The molecular formula is C21H27NO8. The van der Waals surface area contributed by atoms with E-state index in [2.05, 4.69) is 4.84 Å². The lowest BCUT2D eigenvalue weighted by Crippen LogP contribution is -2.32. The van der Waals surface area contributed by atoms with Crippen molar-refractivity contribution in [1.29, 1.82) is 0 Å². The van der Waals surface area contributed by atoms with Crippen molar-refractivity contribution < 1.29 is 38.2 Å². The third-order valence-electron chi connectivity index (χ3n) is 4.54. The standard InChI is InChI=1S/C21H27NO8/c1-3-5-16(6-4-13-27-2)20(25)29-17-9-7-15(8-10-17)14-28-21(26)30-22-18(23)11-12-19(22)24/h7-10,16H,3-6,11-14H2,1-2H3. The Kier molecular flexibility index (Phi) is 9.27. The Morgan fingerprint density at radius 1 is 1.07 bits per heavy atom. The van der Waals surface area contributed by atoms with Crippen molar-refractivity contribution >= 4 is 23.9 Å². The summed E-state index contributed by atoms with van der Waals surface area (Å²) < 4.78 is 15.4. The van der Waals surface area contributed by atoms with E-state index in [1.807, 2.05) is 6.92 Å². The molecule has 1 heterocycles. The molecule has 9 heteroatoms. The number of hydrogen-bond donors (Lipinski definition) is 0. The van der Waals surface area contributed by atoms with Crippen LogP contribution in [0.25, 0.3) is 0 Å². The summed E-state index contributed by atoms with van der Waals surface area (Å²) in [5.41, 5.74) is 0.621. The molecule has 0 bridgehead atoms. The molecule has 0 aromatic heterocycles. The van der Waals surface area contributed by atoms with Gasteiger partial charge in [0.25, 0.3) is 11.8 Å². The number of carbonyl (C=O) groups excluding carboxylic acids is 4. The summed E-state index contributed by atoms with van der Waals surface area (Å²) in [5.74, 6) is -1.22. The Hall–Kier alpha value is -2.94. The van der Waals surface area contributed by atoms with Crippen molar-refractivity contribution in [3.63, 3.8) is 0 Å². The second kappa shape index (κ2) is 11.9. The van der Waals surface area contributed by atoms with E-state index < -0.39 is 18.0 Å². The number of methoxy groups -OCH3 is 1. The smallest absolute Gasteiger partial charge is 0.428 e. The zero-order valence-corrected chi connectivity index (χ0v) is 17.3. The Morgan fingerprint density at radius 3 is 2.33 bits per heavy atom. The number of benzene rings is 1. The third kappa shape index (κ3) is 7.14. The molecule has 0 spiro atoms. The first-order valence-electron chi connectivity index (χ1n) is 9.94. The molecule has 2 rings (SSSR count). The van der Waals surface area contributed by atoms with Gasteiger partial charge in [0.05, 0.1) is 5.92 Å². The number of amides is 2. The molecule has 164 valence electrons. The van der Waals surface area contributed by atoms with Crippen LogP contribution >= 0.6 is 0 Å². The van der Waals surface area contributed by atoms with Crippen LogP contribution in [0.3, 0.4) is 0 Å². The van der Waals surface area contributed by atoms with E-state index in [9.17, 15) is 19.2 Å². The topological polar surface area (TPSA) is 108 Å². The van der Waals surface area contributed by atoms with Crippen LogP contribution in [0.1, 0.15) is 51.0 Å². The van der Waals surface area contributed by atoms with E-state index in [-0.39, 0.29) is 31.3 Å². The van der Waals surface area contributed by atoms with E-state index in [0.29, 0.717) is 29.4 Å². The minimum atomic E-state index is -1.15. The largest absolute Gasteiger partial charge is 0.534 e. The Bertz CT molecular complexity index is 730. The molecule has 1 atom stereocenters. The van der Waals surface area contributed by atoms with Crippen LogP contribution in [-0.4, -0.2) is 42.7 Å². The molecule has 0 aliphatic carbocycles. The maximum Gasteiger partial charge on any atom is 0.534 e. The molecule has 2 amide bonds. The second-order valence-electron chi connectivity index (χ2n) is 6.90. The second-order valence-corrected chi connectivity index (χ2v) is 6.90. The zero-order chi connectivity index (χ0) is 21.9. The minimum Gasteiger partial charge on any atom is -0.428 e. The number of imide groups is 1. The van der Waals surface area contributed by atoms with Crippen molar-refractivity contribution in [1.82, 2.24) is 5.06 Å². The van der Waals surface area contributed by atoms with Gasteiger partial charge in [0.15, 0.2) is 0 Å². The highest BCUT2D eigenvalue weighted by Crippen LogP contribution is 2.20. The number of nitrogens with zero attached hydrogens (tertiary/aromatic N) is 1. The third-order valence-corrected chi connectivity index (χ3v) is 4.54. The minimum absolute atomic E-state index is 0.0117. The normalized spacial score (nSPS) is 14.5. The van der Waals surface area contributed by atoms with E-state index >= 15 is 0 Å². The molecule has 1 aliphatic rings. The molecule has 0 saturated carbocycles. The van der Waals surface area contributed by atoms with Crippen LogP contribution in [0.15, 0.2) is 24.3 Å². The van der Waals surface area contributed by atoms with Crippen molar-refractivity contribution in [3.8, 4) is 5.75 Å². The fraction of sp³-hybridized carbons (Fsp3) is 0.524. The van der Waals surface area contributed by atoms with Crippen LogP contribution in [0.5, 0.6) is 5.75 Å². The lowest BCUT2D eigenvalue weighted by atomic mass is 9.98. The van der Waals surface area contributed by atoms with Gasteiger partial charge in [-0.3, -0.25) is 19.2 Å². The molecule has 0 radical (unpaired) electrons. The first-order valence-corrected chi connectivity index (χ1v) is 9.94. The fourth-order valence-electron chi connectivity index (χ4n) is 2.96. The maximum atomic E-state index is 12.4. The SMILES string of the molecule is CCCC(CCCOC)C(=O)Oc1ccc(COC(=O)ON2C(=O)CCC2=O)cc1. The number of hydrogen-bond acceptors (Lipinski definition) is 8. The van der Waals surface area contributed by atoms with Gasteiger partial charge < -0.3 is 14.2 Å². The highest BCUT2D eigenvalue weighted by molar-refractivity contribution is 6.01. The summed E-state index contributed by atoms with van der Waals surface area (Å²) in [6, 6.07) is 6.49. The number of hydroxylamine groups is 2. The van der Waals surface area contributed by atoms with Gasteiger partial charge in [0.1, 0.15) is 12.4 Å². The molecular weight excluding hydrogens is 394 g/mol. The van der Waals surface area contributed by atoms with Crippen molar-refractivity contribution in [2.45, 2.75) is 52.1 Å². The summed E-state index contributed by atoms with van der Waals surface area (Å²) in [6.07, 6.45) is 2.00. The highest BCUT2D eigenvalue weighted by Gasteiger charge is 2.33. The van der Waals surface area contributed by atoms with Gasteiger partial charge >= 0.3 is 12.1 Å². The van der Waals surface area contributed by atoms with Gasteiger partial charge in [-0.2, -0.15) is 0 Å². The van der Waals surface area contributed by atoms with E-state index in [1.54, 1.807) is 31.4 Å². The van der Waals surface area contributed by atoms with Gasteiger partial charge in [-0.15, -0.1) is 0 Å². The van der Waals surface area contributed by atoms with Crippen LogP contribution < -0.4 is 4.74 Å². The first kappa shape index (κ1) is 23.3. The van der Waals surface area contributed by atoms with Crippen LogP contribution in [-0.2, 0) is 35.3 Å². The van der Waals surface area contributed by atoms with E-state index in [1.165, 1.54) is 0 Å². The van der Waals surface area contributed by atoms with Crippen molar-refractivity contribution in [3.05, 3.63) is 29.8 Å². The van der Waals surface area contributed by atoms with E-state index in [4.69, 9.17) is 14.2 Å². The lowest BCUT2D eigenvalue weighted by Gasteiger charge is -2.15. The number of ether oxygens (including phenoxy) is 3. The van der Waals surface area contributed by atoms with Gasteiger partial charge in [-0.05, 0) is 37.0 Å². The summed E-state index contributed by atoms with van der Waals surface area (Å²) in [7, 11) is 1.63. The van der Waals surface area contributed by atoms with Crippen molar-refractivity contribution in [2.75, 3.05) is 13.7 Å². The van der Waals surface area contributed by atoms with Gasteiger partial charge in [0.2, 0.25) is 0 Å². The summed E-state index contributed by atoms with van der Waals surface area (Å²) in [4.78, 5) is 51.5. The molecule has 9 nitrogen and oxygen atoms in total. The molecule has 1 saturated heterocycles. The number of esters is 1. The van der Waals surface area contributed by atoms with Crippen LogP contribution in [0.4, 0.5) is 4.79 Å². The average Bonchev–Trinajstić information content (AvgIpc) is 3.04. The summed E-state index contributed by atoms with van der Waals surface area (Å²) in [6.45, 7) is 2.50. The number of rotatable bonds is 11. The number of carbonyl (C=O) groups is 4. The first-order chi connectivity index (χ1) is 14.4. The summed E-state index contributed by atoms with van der Waals surface area (Å²) in [5, 5.41) is 0.421. The Balaban J connectivity index is 1.80. The molecule has 1 aromatic rings. The van der Waals surface area contributed by atoms with Crippen molar-refractivity contribution in [2.24, 2.45) is 5.92 Å². The van der Waals surface area contributed by atoms with Gasteiger partial charge in [-0.1, -0.05) is 30.5 Å². The molecule has 1 aromatic carbocycles. The predicted molar refractivity (Wildman–Crippen MR) is 104 cm³/mol. The van der Waals surface area contributed by atoms with Gasteiger partial charge in [0, 0.05) is 26.6 Å². The van der Waals surface area contributed by atoms with Crippen LogP contribution in [0.2, 0.25) is 0 Å². The van der Waals surface area contributed by atoms with Crippen LogP contribution in [0, 0.1) is 5.92 Å². The average molecular weight is 421 g/mol. The zero-order valence-electron chi connectivity index (χ0n) is 17.3. The lowest BCUT2D eigenvalue weighted by molar-refractivity contribution is -0.177.